The largest absolute Gasteiger partial charge is 0.272 e. The number of nitrogens with zero attached hydrogens (tertiary/aromatic N) is 4. The van der Waals surface area contributed by atoms with E-state index in [1.807, 2.05) is 0 Å². The maximum Gasteiger partial charge on any atom is 0.151 e. The second-order valence-electron chi connectivity index (χ2n) is 1.84. The first-order valence-corrected chi connectivity index (χ1v) is 2.95. The molecular weight excluding hydrogens is 128 g/mol. The summed E-state index contributed by atoms with van der Waals surface area (Å²) < 4.78 is 0. The maximum atomic E-state index is 3.92. The number of rotatable bonds is 0. The Morgan fingerprint density at radius 1 is 1.50 bits per heavy atom. The van der Waals surface area contributed by atoms with E-state index >= 15 is 0 Å². The predicted octanol–water partition coefficient (Wildman–Crippen LogP) is 1.41. The van der Waals surface area contributed by atoms with Gasteiger partial charge in [-0.2, -0.15) is 0 Å². The van der Waals surface area contributed by atoms with Gasteiger partial charge < -0.3 is 0 Å². The lowest BCUT2D eigenvalue weighted by Gasteiger charge is -1.86. The van der Waals surface area contributed by atoms with Gasteiger partial charge >= 0.3 is 0 Å². The lowest BCUT2D eigenvalue weighted by molar-refractivity contribution is 0.910. The Balaban J connectivity index is 2.62. The van der Waals surface area contributed by atoms with Crippen molar-refractivity contribution in [1.82, 2.24) is 0 Å². The highest BCUT2D eigenvalue weighted by Gasteiger charge is 1.86. The fraction of sp³-hybridized carbons (Fsp3) is 0.333. The zero-order valence-corrected chi connectivity index (χ0v) is 5.56. The molecule has 1 heterocycles. The molecule has 1 rings (SSSR count). The van der Waals surface area contributed by atoms with Gasteiger partial charge in [-0.1, -0.05) is 6.58 Å². The minimum Gasteiger partial charge on any atom is -0.272 e. The van der Waals surface area contributed by atoms with Gasteiger partial charge in [-0.3, -0.25) is 4.99 Å². The fourth-order valence-corrected chi connectivity index (χ4v) is 0.501. The summed E-state index contributed by atoms with van der Waals surface area (Å²) in [4.78, 5) is 3.92. The lowest BCUT2D eigenvalue weighted by Crippen LogP contribution is -1.82. The van der Waals surface area contributed by atoms with Crippen molar-refractivity contribution in [2.75, 3.05) is 6.67 Å². The number of aliphatic imine (C=N–C) groups is 1. The highest BCUT2D eigenvalue weighted by atomic mass is 15.4. The molecule has 4 heteroatoms. The molecule has 0 saturated carbocycles. The van der Waals surface area contributed by atoms with Crippen LogP contribution >= 0.6 is 0 Å². The van der Waals surface area contributed by atoms with Gasteiger partial charge in [0.25, 0.3) is 0 Å². The first kappa shape index (κ1) is 6.80. The molecule has 0 aromatic rings. The Hall–Kier alpha value is -1.32. The lowest BCUT2D eigenvalue weighted by atomic mass is 10.2. The van der Waals surface area contributed by atoms with Crippen LogP contribution in [0.5, 0.6) is 0 Å². The van der Waals surface area contributed by atoms with E-state index in [1.165, 1.54) is 0 Å². The van der Waals surface area contributed by atoms with Crippen molar-refractivity contribution >= 4 is 12.4 Å². The summed E-state index contributed by atoms with van der Waals surface area (Å²) in [6, 6.07) is 0. The molecule has 1 aliphatic rings. The zero-order valence-electron chi connectivity index (χ0n) is 5.56. The van der Waals surface area contributed by atoms with E-state index < -0.39 is 0 Å². The van der Waals surface area contributed by atoms with E-state index in [-0.39, 0.29) is 0 Å². The molecule has 0 aromatic heterocycles. The van der Waals surface area contributed by atoms with Crippen LogP contribution in [0, 0.1) is 0 Å². The Morgan fingerprint density at radius 3 is 3.30 bits per heavy atom. The van der Waals surface area contributed by atoms with Crippen molar-refractivity contribution in [3.63, 3.8) is 0 Å². The normalized spacial score (nSPS) is 21.4. The Bertz CT molecular complexity index is 202. The molecule has 0 aromatic carbocycles. The third-order valence-electron chi connectivity index (χ3n) is 0.983. The topological polar surface area (TPSA) is 49.4 Å². The first-order valence-electron chi connectivity index (χ1n) is 2.95. The van der Waals surface area contributed by atoms with Gasteiger partial charge in [-0.05, 0) is 10.8 Å². The van der Waals surface area contributed by atoms with Gasteiger partial charge in [0.15, 0.2) is 6.67 Å². The van der Waals surface area contributed by atoms with Crippen molar-refractivity contribution in [3.05, 3.63) is 12.2 Å². The van der Waals surface area contributed by atoms with Crippen LogP contribution in [0.1, 0.15) is 6.42 Å². The Labute approximate surface area is 59.1 Å². The molecule has 0 bridgehead atoms. The van der Waals surface area contributed by atoms with Crippen LogP contribution in [0.15, 0.2) is 32.6 Å². The van der Waals surface area contributed by atoms with E-state index in [1.54, 1.807) is 12.4 Å². The molecule has 52 valence electrons. The molecule has 0 N–H and O–H groups in total. The molecule has 4 nitrogen and oxygen atoms in total. The Kier molecular flexibility index (Phi) is 2.49. The van der Waals surface area contributed by atoms with Gasteiger partial charge in [-0.25, -0.2) is 0 Å². The summed E-state index contributed by atoms with van der Waals surface area (Å²) in [5.74, 6) is 0. The minimum atomic E-state index is 0.366. The molecule has 0 radical (unpaired) electrons. The number of hydrogen-bond donors (Lipinski definition) is 0. The van der Waals surface area contributed by atoms with Crippen LogP contribution in [-0.4, -0.2) is 19.1 Å². The molecular formula is C6H8N4. The van der Waals surface area contributed by atoms with Gasteiger partial charge in [0.05, 0.1) is 6.21 Å². The average molecular weight is 136 g/mol. The molecule has 0 unspecified atom stereocenters. The molecule has 0 amide bonds. The molecule has 10 heavy (non-hydrogen) atoms. The van der Waals surface area contributed by atoms with Crippen LogP contribution in [0.2, 0.25) is 0 Å². The van der Waals surface area contributed by atoms with Crippen molar-refractivity contribution < 1.29 is 0 Å². The summed E-state index contributed by atoms with van der Waals surface area (Å²) >= 11 is 0. The summed E-state index contributed by atoms with van der Waals surface area (Å²) in [5.41, 5.74) is 0.893. The molecule has 0 aliphatic carbocycles. The summed E-state index contributed by atoms with van der Waals surface area (Å²) in [7, 11) is 0. The van der Waals surface area contributed by atoms with Gasteiger partial charge in [-0.15, -0.1) is 10.2 Å². The summed E-state index contributed by atoms with van der Waals surface area (Å²) in [6.45, 7) is 4.08. The van der Waals surface area contributed by atoms with Crippen LogP contribution in [0.3, 0.4) is 0 Å². The smallest absolute Gasteiger partial charge is 0.151 e. The average Bonchev–Trinajstić information content (AvgIpc) is 2.02. The Morgan fingerprint density at radius 2 is 2.40 bits per heavy atom. The molecule has 0 saturated heterocycles. The number of allylic oxidation sites excluding steroid dienone is 1. The van der Waals surface area contributed by atoms with Crippen molar-refractivity contribution in [2.45, 2.75) is 6.42 Å². The van der Waals surface area contributed by atoms with Crippen molar-refractivity contribution in [3.8, 4) is 0 Å². The van der Waals surface area contributed by atoms with Crippen molar-refractivity contribution in [2.24, 2.45) is 20.4 Å². The van der Waals surface area contributed by atoms with E-state index in [0.29, 0.717) is 6.67 Å². The monoisotopic (exact) mass is 136 g/mol. The van der Waals surface area contributed by atoms with Crippen LogP contribution in [-0.2, 0) is 0 Å². The van der Waals surface area contributed by atoms with Crippen LogP contribution < -0.4 is 0 Å². The third-order valence-corrected chi connectivity index (χ3v) is 0.983. The van der Waals surface area contributed by atoms with Gasteiger partial charge in [0.1, 0.15) is 0 Å². The van der Waals surface area contributed by atoms with E-state index in [4.69, 9.17) is 0 Å². The van der Waals surface area contributed by atoms with Crippen LogP contribution in [0.25, 0.3) is 0 Å². The predicted molar refractivity (Wildman–Crippen MR) is 40.5 cm³/mol. The standard InChI is InChI=1S/C6H8N4/c1-6-2-3-7-5-9-10-8-4-6/h3-4H,1-2,5H2/b7-3?,8-4-,10-9?. The number of hydrogen-bond acceptors (Lipinski definition) is 4. The SMILES string of the molecule is C=C1/C=N\N=NCN=CC1. The quantitative estimate of drug-likeness (QED) is 0.483. The summed E-state index contributed by atoms with van der Waals surface area (Å²) in [6.07, 6.45) is 4.08. The van der Waals surface area contributed by atoms with Crippen LogP contribution in [0.4, 0.5) is 0 Å². The second kappa shape index (κ2) is 3.66. The molecule has 0 atom stereocenters. The summed E-state index contributed by atoms with van der Waals surface area (Å²) in [5, 5.41) is 10.7. The van der Waals surface area contributed by atoms with Gasteiger partial charge in [0, 0.05) is 12.6 Å². The minimum absolute atomic E-state index is 0.366. The highest BCUT2D eigenvalue weighted by Crippen LogP contribution is 1.93. The molecule has 0 spiro atoms. The fourth-order valence-electron chi connectivity index (χ4n) is 0.501. The van der Waals surface area contributed by atoms with E-state index in [0.717, 1.165) is 12.0 Å². The van der Waals surface area contributed by atoms with Gasteiger partial charge in [0.2, 0.25) is 0 Å². The maximum absolute atomic E-state index is 3.92. The highest BCUT2D eigenvalue weighted by molar-refractivity contribution is 5.83. The van der Waals surface area contributed by atoms with Crippen molar-refractivity contribution in [1.29, 1.82) is 0 Å². The third kappa shape index (κ3) is 2.30. The van der Waals surface area contributed by atoms with E-state index in [2.05, 4.69) is 27.0 Å². The first-order chi connectivity index (χ1) is 4.89. The molecule has 1 aliphatic heterocycles. The molecule has 0 fully saturated rings. The zero-order chi connectivity index (χ0) is 7.23. The second-order valence-corrected chi connectivity index (χ2v) is 1.84. The van der Waals surface area contributed by atoms with E-state index in [9.17, 15) is 0 Å².